The van der Waals surface area contributed by atoms with Crippen LogP contribution in [0.15, 0.2) is 0 Å². The van der Waals surface area contributed by atoms with Gasteiger partial charge in [-0.25, -0.2) is 0 Å². The summed E-state index contributed by atoms with van der Waals surface area (Å²) in [5.74, 6) is -0.202. The monoisotopic (exact) mass is 283 g/mol. The number of nitrogens with one attached hydrogen (secondary N) is 2. The summed E-state index contributed by atoms with van der Waals surface area (Å²) in [7, 11) is 0. The molecule has 20 heavy (non-hydrogen) atoms. The molecule has 0 saturated heterocycles. The van der Waals surface area contributed by atoms with Gasteiger partial charge in [0.25, 0.3) is 0 Å². The van der Waals surface area contributed by atoms with Crippen LogP contribution in [0.1, 0.15) is 58.8 Å². The van der Waals surface area contributed by atoms with Gasteiger partial charge in [0.2, 0.25) is 11.8 Å². The largest absolute Gasteiger partial charge is 0.352 e. The first-order chi connectivity index (χ1) is 9.57. The molecule has 1 aliphatic carbocycles. The van der Waals surface area contributed by atoms with Gasteiger partial charge in [0, 0.05) is 12.6 Å². The topological polar surface area (TPSA) is 84.2 Å². The van der Waals surface area contributed by atoms with Gasteiger partial charge < -0.3 is 16.4 Å². The van der Waals surface area contributed by atoms with E-state index in [0.29, 0.717) is 19.4 Å². The van der Waals surface area contributed by atoms with Gasteiger partial charge in [-0.3, -0.25) is 9.59 Å². The van der Waals surface area contributed by atoms with E-state index in [1.54, 1.807) is 0 Å². The molecule has 5 nitrogen and oxygen atoms in total. The molecule has 1 saturated carbocycles. The van der Waals surface area contributed by atoms with Crippen LogP contribution in [0.5, 0.6) is 0 Å². The second kappa shape index (κ2) is 8.25. The molecule has 0 aliphatic heterocycles. The van der Waals surface area contributed by atoms with Crippen LogP contribution in [0.4, 0.5) is 0 Å². The van der Waals surface area contributed by atoms with Gasteiger partial charge in [-0.15, -0.1) is 0 Å². The van der Waals surface area contributed by atoms with E-state index in [-0.39, 0.29) is 24.4 Å². The highest BCUT2D eigenvalue weighted by molar-refractivity contribution is 5.88. The fraction of sp³-hybridized carbons (Fsp3) is 0.867. The number of hydrogen-bond acceptors (Lipinski definition) is 3. The van der Waals surface area contributed by atoms with Crippen molar-refractivity contribution < 1.29 is 9.59 Å². The fourth-order valence-electron chi connectivity index (χ4n) is 2.83. The van der Waals surface area contributed by atoms with Gasteiger partial charge >= 0.3 is 0 Å². The molecule has 1 fully saturated rings. The van der Waals surface area contributed by atoms with Crippen LogP contribution >= 0.6 is 0 Å². The lowest BCUT2D eigenvalue weighted by atomic mass is 9.81. The minimum absolute atomic E-state index is 0.0527. The third kappa shape index (κ3) is 4.47. The number of rotatable bonds is 7. The third-order valence-corrected chi connectivity index (χ3v) is 4.61. The van der Waals surface area contributed by atoms with Crippen molar-refractivity contribution in [3.05, 3.63) is 0 Å². The van der Waals surface area contributed by atoms with Crippen molar-refractivity contribution in [1.29, 1.82) is 0 Å². The van der Waals surface area contributed by atoms with Crippen LogP contribution in [0.3, 0.4) is 0 Å². The lowest BCUT2D eigenvalue weighted by molar-refractivity contribution is -0.133. The summed E-state index contributed by atoms with van der Waals surface area (Å²) < 4.78 is 0. The molecule has 2 amide bonds. The minimum atomic E-state index is -0.537. The predicted molar refractivity (Wildman–Crippen MR) is 80.1 cm³/mol. The van der Waals surface area contributed by atoms with Crippen LogP contribution in [-0.2, 0) is 9.59 Å². The van der Waals surface area contributed by atoms with Crippen LogP contribution in [0.2, 0.25) is 0 Å². The molecular formula is C15H29N3O2. The summed E-state index contributed by atoms with van der Waals surface area (Å²) >= 11 is 0. The Bertz CT molecular complexity index is 313. The Morgan fingerprint density at radius 1 is 1.15 bits per heavy atom. The highest BCUT2D eigenvalue weighted by Gasteiger charge is 2.33. The average Bonchev–Trinajstić information content (AvgIpc) is 2.48. The smallest absolute Gasteiger partial charge is 0.239 e. The second-order valence-electron chi connectivity index (χ2n) is 5.78. The second-order valence-corrected chi connectivity index (χ2v) is 5.78. The Morgan fingerprint density at radius 3 is 2.25 bits per heavy atom. The molecule has 5 heteroatoms. The Kier molecular flexibility index (Phi) is 6.99. The van der Waals surface area contributed by atoms with Crippen molar-refractivity contribution >= 4 is 11.8 Å². The summed E-state index contributed by atoms with van der Waals surface area (Å²) in [6, 6.07) is 0.282. The van der Waals surface area contributed by atoms with Crippen molar-refractivity contribution in [2.75, 3.05) is 13.1 Å². The molecule has 0 aromatic carbocycles. The molecule has 1 rings (SSSR count). The maximum Gasteiger partial charge on any atom is 0.239 e. The Hall–Kier alpha value is -1.10. The molecule has 4 N–H and O–H groups in total. The lowest BCUT2D eigenvalue weighted by Crippen LogP contribution is -2.49. The van der Waals surface area contributed by atoms with Crippen molar-refractivity contribution in [2.24, 2.45) is 11.1 Å². The van der Waals surface area contributed by atoms with Gasteiger partial charge in [-0.1, -0.05) is 33.1 Å². The number of hydrogen-bond donors (Lipinski definition) is 3. The molecule has 0 bridgehead atoms. The third-order valence-electron chi connectivity index (χ3n) is 4.61. The van der Waals surface area contributed by atoms with Crippen LogP contribution in [-0.4, -0.2) is 30.9 Å². The van der Waals surface area contributed by atoms with Crippen molar-refractivity contribution in [3.8, 4) is 0 Å². The van der Waals surface area contributed by atoms with E-state index in [1.165, 1.54) is 19.3 Å². The first kappa shape index (κ1) is 17.0. The normalized spacial score (nSPS) is 16.8. The molecule has 0 atom stereocenters. The highest BCUT2D eigenvalue weighted by atomic mass is 16.2. The van der Waals surface area contributed by atoms with E-state index in [9.17, 15) is 9.59 Å². The van der Waals surface area contributed by atoms with Crippen LogP contribution in [0, 0.1) is 5.41 Å². The van der Waals surface area contributed by atoms with E-state index in [4.69, 9.17) is 5.73 Å². The zero-order valence-electron chi connectivity index (χ0n) is 12.8. The molecule has 0 radical (unpaired) electrons. The molecule has 0 aromatic heterocycles. The number of amides is 2. The van der Waals surface area contributed by atoms with Gasteiger partial charge in [0.05, 0.1) is 12.0 Å². The molecule has 116 valence electrons. The number of carbonyl (C=O) groups excluding carboxylic acids is 2. The Labute approximate surface area is 122 Å². The van der Waals surface area contributed by atoms with Crippen molar-refractivity contribution in [2.45, 2.75) is 64.8 Å². The van der Waals surface area contributed by atoms with Gasteiger partial charge in [-0.2, -0.15) is 0 Å². The van der Waals surface area contributed by atoms with E-state index in [2.05, 4.69) is 10.6 Å². The Morgan fingerprint density at radius 2 is 1.75 bits per heavy atom. The first-order valence-electron chi connectivity index (χ1n) is 7.85. The van der Waals surface area contributed by atoms with E-state index in [1.807, 2.05) is 13.8 Å². The maximum absolute atomic E-state index is 12.2. The van der Waals surface area contributed by atoms with Crippen LogP contribution < -0.4 is 16.4 Å². The SMILES string of the molecule is CCC(CC)(CN)C(=O)NCC(=O)NC1CCCCC1. The minimum Gasteiger partial charge on any atom is -0.352 e. The molecule has 0 spiro atoms. The molecular weight excluding hydrogens is 254 g/mol. The lowest BCUT2D eigenvalue weighted by Gasteiger charge is -2.28. The highest BCUT2D eigenvalue weighted by Crippen LogP contribution is 2.24. The molecule has 0 heterocycles. The summed E-state index contributed by atoms with van der Waals surface area (Å²) in [6.07, 6.45) is 7.10. The van der Waals surface area contributed by atoms with Gasteiger partial charge in [0.1, 0.15) is 0 Å². The summed E-state index contributed by atoms with van der Waals surface area (Å²) in [6.45, 7) is 4.28. The van der Waals surface area contributed by atoms with E-state index < -0.39 is 5.41 Å². The standard InChI is InChI=1S/C15H29N3O2/c1-3-15(4-2,11-16)14(20)17-10-13(19)18-12-8-6-5-7-9-12/h12H,3-11,16H2,1-2H3,(H,17,20)(H,18,19). The average molecular weight is 283 g/mol. The van der Waals surface area contributed by atoms with Crippen molar-refractivity contribution in [3.63, 3.8) is 0 Å². The Balaban J connectivity index is 2.37. The summed E-state index contributed by atoms with van der Waals surface area (Å²) in [5, 5.41) is 5.73. The summed E-state index contributed by atoms with van der Waals surface area (Å²) in [4.78, 5) is 24.0. The maximum atomic E-state index is 12.2. The van der Waals surface area contributed by atoms with Crippen LogP contribution in [0.25, 0.3) is 0 Å². The molecule has 0 unspecified atom stereocenters. The quantitative estimate of drug-likeness (QED) is 0.659. The van der Waals surface area contributed by atoms with Gasteiger partial charge in [0.15, 0.2) is 0 Å². The zero-order chi connectivity index (χ0) is 15.0. The fourth-order valence-corrected chi connectivity index (χ4v) is 2.83. The predicted octanol–water partition coefficient (Wildman–Crippen LogP) is 1.32. The molecule has 0 aromatic rings. The zero-order valence-corrected chi connectivity index (χ0v) is 12.8. The number of carbonyl (C=O) groups is 2. The van der Waals surface area contributed by atoms with Gasteiger partial charge in [-0.05, 0) is 25.7 Å². The van der Waals surface area contributed by atoms with E-state index >= 15 is 0 Å². The molecule has 1 aliphatic rings. The first-order valence-corrected chi connectivity index (χ1v) is 7.85. The van der Waals surface area contributed by atoms with E-state index in [0.717, 1.165) is 12.8 Å². The number of nitrogens with two attached hydrogens (primary N) is 1. The van der Waals surface area contributed by atoms with Crippen molar-refractivity contribution in [1.82, 2.24) is 10.6 Å². The summed E-state index contributed by atoms with van der Waals surface area (Å²) in [5.41, 5.74) is 5.19.